The standard InChI is InChI=1S/C18H21N3O2/c1-20(2)10-11-21-17(13-6-5-7-14(22)12-13)15-8-3-4-9-16(15)19-18(21)23/h3-9,12,17,22H,10-11H2,1-2H3,(H,19,23). The molecule has 0 aromatic heterocycles. The number of likely N-dealkylation sites (N-methyl/N-ethyl adjacent to an activating group) is 1. The molecule has 0 radical (unpaired) electrons. The Balaban J connectivity index is 2.05. The first-order valence-corrected chi connectivity index (χ1v) is 7.66. The highest BCUT2D eigenvalue weighted by molar-refractivity contribution is 5.93. The van der Waals surface area contributed by atoms with Gasteiger partial charge >= 0.3 is 6.03 Å². The first-order chi connectivity index (χ1) is 11.1. The number of amides is 2. The number of phenolic OH excluding ortho intramolecular Hbond substituents is 1. The third-order valence-electron chi connectivity index (χ3n) is 4.04. The van der Waals surface area contributed by atoms with Crippen molar-refractivity contribution >= 4 is 11.7 Å². The molecule has 1 aliphatic rings. The van der Waals surface area contributed by atoms with E-state index in [1.807, 2.05) is 60.3 Å². The van der Waals surface area contributed by atoms with Gasteiger partial charge in [0.05, 0.1) is 6.04 Å². The average Bonchev–Trinajstić information content (AvgIpc) is 2.52. The second-order valence-electron chi connectivity index (χ2n) is 6.01. The van der Waals surface area contributed by atoms with Crippen molar-refractivity contribution in [2.45, 2.75) is 6.04 Å². The molecule has 5 nitrogen and oxygen atoms in total. The van der Waals surface area contributed by atoms with Gasteiger partial charge in [-0.25, -0.2) is 4.79 Å². The number of carbonyl (C=O) groups is 1. The Kier molecular flexibility index (Phi) is 4.21. The summed E-state index contributed by atoms with van der Waals surface area (Å²) in [6.45, 7) is 1.37. The minimum Gasteiger partial charge on any atom is -0.508 e. The lowest BCUT2D eigenvalue weighted by molar-refractivity contribution is 0.187. The van der Waals surface area contributed by atoms with Gasteiger partial charge < -0.3 is 20.2 Å². The van der Waals surface area contributed by atoms with E-state index in [4.69, 9.17) is 0 Å². The number of anilines is 1. The maximum Gasteiger partial charge on any atom is 0.322 e. The lowest BCUT2D eigenvalue weighted by Gasteiger charge is -2.38. The fourth-order valence-electron chi connectivity index (χ4n) is 2.91. The Morgan fingerprint density at radius 3 is 2.70 bits per heavy atom. The largest absolute Gasteiger partial charge is 0.508 e. The van der Waals surface area contributed by atoms with Gasteiger partial charge in [0.25, 0.3) is 0 Å². The van der Waals surface area contributed by atoms with Crippen molar-refractivity contribution in [3.8, 4) is 5.75 Å². The van der Waals surface area contributed by atoms with E-state index in [1.54, 1.807) is 12.1 Å². The third kappa shape index (κ3) is 3.14. The highest BCUT2D eigenvalue weighted by Gasteiger charge is 2.33. The van der Waals surface area contributed by atoms with Gasteiger partial charge in [0, 0.05) is 24.3 Å². The highest BCUT2D eigenvalue weighted by atomic mass is 16.3. The Morgan fingerprint density at radius 1 is 1.17 bits per heavy atom. The number of rotatable bonds is 4. The predicted molar refractivity (Wildman–Crippen MR) is 90.7 cm³/mol. The van der Waals surface area contributed by atoms with E-state index in [1.165, 1.54) is 0 Å². The number of benzene rings is 2. The van der Waals surface area contributed by atoms with Crippen LogP contribution in [-0.2, 0) is 0 Å². The zero-order valence-electron chi connectivity index (χ0n) is 13.4. The SMILES string of the molecule is CN(C)CCN1C(=O)Nc2ccccc2C1c1cccc(O)c1. The number of fused-ring (bicyclic) bond motifs is 1. The van der Waals surface area contributed by atoms with Gasteiger partial charge in [0.1, 0.15) is 5.75 Å². The van der Waals surface area contributed by atoms with Crippen LogP contribution in [0.3, 0.4) is 0 Å². The molecule has 23 heavy (non-hydrogen) atoms. The minimum absolute atomic E-state index is 0.112. The number of hydrogen-bond acceptors (Lipinski definition) is 3. The van der Waals surface area contributed by atoms with Gasteiger partial charge in [-0.05, 0) is 37.9 Å². The van der Waals surface area contributed by atoms with Crippen molar-refractivity contribution in [1.82, 2.24) is 9.80 Å². The molecule has 0 saturated carbocycles. The molecule has 2 aromatic rings. The van der Waals surface area contributed by atoms with E-state index in [0.717, 1.165) is 23.4 Å². The summed E-state index contributed by atoms with van der Waals surface area (Å²) < 4.78 is 0. The summed E-state index contributed by atoms with van der Waals surface area (Å²) in [6, 6.07) is 14.6. The number of nitrogens with one attached hydrogen (secondary N) is 1. The summed E-state index contributed by atoms with van der Waals surface area (Å²) >= 11 is 0. The maximum atomic E-state index is 12.6. The smallest absolute Gasteiger partial charge is 0.322 e. The first-order valence-electron chi connectivity index (χ1n) is 7.66. The van der Waals surface area contributed by atoms with Crippen molar-refractivity contribution in [2.75, 3.05) is 32.5 Å². The van der Waals surface area contributed by atoms with Crippen LogP contribution in [0.15, 0.2) is 48.5 Å². The predicted octanol–water partition coefficient (Wildman–Crippen LogP) is 2.89. The van der Waals surface area contributed by atoms with Crippen molar-refractivity contribution in [3.05, 3.63) is 59.7 Å². The number of aromatic hydroxyl groups is 1. The third-order valence-corrected chi connectivity index (χ3v) is 4.04. The van der Waals surface area contributed by atoms with E-state index in [-0.39, 0.29) is 17.8 Å². The quantitative estimate of drug-likeness (QED) is 0.913. The summed E-state index contributed by atoms with van der Waals surface area (Å²) in [5.41, 5.74) is 2.77. The molecule has 0 bridgehead atoms. The lowest BCUT2D eigenvalue weighted by Crippen LogP contribution is -2.45. The summed E-state index contributed by atoms with van der Waals surface area (Å²) in [7, 11) is 3.97. The maximum absolute atomic E-state index is 12.6. The van der Waals surface area contributed by atoms with Crippen LogP contribution in [-0.4, -0.2) is 48.1 Å². The molecule has 120 valence electrons. The molecule has 3 rings (SSSR count). The van der Waals surface area contributed by atoms with E-state index in [0.29, 0.717) is 6.54 Å². The van der Waals surface area contributed by atoms with Crippen LogP contribution < -0.4 is 5.32 Å². The number of hydrogen-bond donors (Lipinski definition) is 2. The van der Waals surface area contributed by atoms with E-state index in [9.17, 15) is 9.90 Å². The van der Waals surface area contributed by atoms with E-state index in [2.05, 4.69) is 5.32 Å². The number of nitrogens with zero attached hydrogens (tertiary/aromatic N) is 2. The van der Waals surface area contributed by atoms with Crippen LogP contribution in [0.25, 0.3) is 0 Å². The summed E-state index contributed by atoms with van der Waals surface area (Å²) in [5, 5.41) is 12.8. The van der Waals surface area contributed by atoms with Crippen LogP contribution in [0.5, 0.6) is 5.75 Å². The van der Waals surface area contributed by atoms with Crippen molar-refractivity contribution in [1.29, 1.82) is 0 Å². The number of phenols is 1. The number of carbonyl (C=O) groups excluding carboxylic acids is 1. The number of para-hydroxylation sites is 1. The molecule has 2 amide bonds. The molecule has 1 heterocycles. The second-order valence-corrected chi connectivity index (χ2v) is 6.01. The van der Waals surface area contributed by atoms with Crippen molar-refractivity contribution in [2.24, 2.45) is 0 Å². The molecule has 0 fully saturated rings. The van der Waals surface area contributed by atoms with Crippen LogP contribution in [0.4, 0.5) is 10.5 Å². The lowest BCUT2D eigenvalue weighted by atomic mass is 9.94. The van der Waals surface area contributed by atoms with E-state index < -0.39 is 0 Å². The average molecular weight is 311 g/mol. The zero-order valence-corrected chi connectivity index (χ0v) is 13.4. The van der Waals surface area contributed by atoms with E-state index >= 15 is 0 Å². The van der Waals surface area contributed by atoms with Gasteiger partial charge in [-0.1, -0.05) is 30.3 Å². The monoisotopic (exact) mass is 311 g/mol. The molecule has 1 aliphatic heterocycles. The van der Waals surface area contributed by atoms with Gasteiger partial charge in [-0.3, -0.25) is 0 Å². The molecule has 0 spiro atoms. The Bertz CT molecular complexity index is 715. The van der Waals surface area contributed by atoms with Crippen molar-refractivity contribution in [3.63, 3.8) is 0 Å². The molecule has 5 heteroatoms. The first kappa shape index (κ1) is 15.4. The Hall–Kier alpha value is -2.53. The fraction of sp³-hybridized carbons (Fsp3) is 0.278. The minimum atomic E-state index is -0.202. The van der Waals surface area contributed by atoms with Crippen LogP contribution in [0.2, 0.25) is 0 Å². The molecular weight excluding hydrogens is 290 g/mol. The highest BCUT2D eigenvalue weighted by Crippen LogP contribution is 2.38. The molecule has 2 aromatic carbocycles. The molecule has 0 saturated heterocycles. The zero-order chi connectivity index (χ0) is 16.4. The van der Waals surface area contributed by atoms with Crippen LogP contribution in [0, 0.1) is 0 Å². The van der Waals surface area contributed by atoms with Crippen LogP contribution >= 0.6 is 0 Å². The van der Waals surface area contributed by atoms with Crippen LogP contribution in [0.1, 0.15) is 17.2 Å². The summed E-state index contributed by atoms with van der Waals surface area (Å²) in [6.07, 6.45) is 0. The van der Waals surface area contributed by atoms with Gasteiger partial charge in [-0.2, -0.15) is 0 Å². The summed E-state index contributed by atoms with van der Waals surface area (Å²) in [4.78, 5) is 16.4. The molecule has 2 N–H and O–H groups in total. The molecular formula is C18H21N3O2. The molecule has 1 atom stereocenters. The van der Waals surface area contributed by atoms with Crippen molar-refractivity contribution < 1.29 is 9.90 Å². The van der Waals surface area contributed by atoms with Gasteiger partial charge in [0.2, 0.25) is 0 Å². The topological polar surface area (TPSA) is 55.8 Å². The van der Waals surface area contributed by atoms with Gasteiger partial charge in [-0.15, -0.1) is 0 Å². The number of urea groups is 1. The normalized spacial score (nSPS) is 17.1. The summed E-state index contributed by atoms with van der Waals surface area (Å²) in [5.74, 6) is 0.207. The molecule has 0 aliphatic carbocycles. The Labute approximate surface area is 136 Å². The second kappa shape index (κ2) is 6.30. The molecule has 1 unspecified atom stereocenters. The Morgan fingerprint density at radius 2 is 1.96 bits per heavy atom. The van der Waals surface area contributed by atoms with Gasteiger partial charge in [0.15, 0.2) is 0 Å². The fourth-order valence-corrected chi connectivity index (χ4v) is 2.91.